The van der Waals surface area contributed by atoms with Crippen molar-refractivity contribution >= 4 is 5.91 Å². The smallest absolute Gasteiger partial charge is 0.220 e. The van der Waals surface area contributed by atoms with Crippen LogP contribution in [0.3, 0.4) is 0 Å². The molecular weight excluding hydrogens is 278 g/mol. The zero-order valence-corrected chi connectivity index (χ0v) is 13.4. The fourth-order valence-corrected chi connectivity index (χ4v) is 2.76. The van der Waals surface area contributed by atoms with Gasteiger partial charge in [-0.3, -0.25) is 9.89 Å². The van der Waals surface area contributed by atoms with Crippen molar-refractivity contribution in [3.05, 3.63) is 35.2 Å². The Bertz CT molecular complexity index is 668. The molecule has 0 aromatic carbocycles. The number of carbonyl (C=O) groups excluding carboxylic acids is 1. The average Bonchev–Trinajstić information content (AvgIpc) is 3.18. The van der Waals surface area contributed by atoms with Crippen LogP contribution in [0.5, 0.6) is 0 Å². The minimum Gasteiger partial charge on any atom is -0.346 e. The van der Waals surface area contributed by atoms with Crippen molar-refractivity contribution < 1.29 is 4.79 Å². The number of H-pyrrole nitrogens is 1. The summed E-state index contributed by atoms with van der Waals surface area (Å²) in [7, 11) is 1.97. The standard InChI is InChI=1S/C16H23N5O/c1-10-11(2)19-20-13(10)6-7-14(22)18-15(12-4-5-12)16-17-8-9-21(16)3/h8-9,12,15H,4-7H2,1-3H3,(H,18,22)(H,19,20). The van der Waals surface area contributed by atoms with Crippen molar-refractivity contribution in [2.75, 3.05) is 0 Å². The maximum Gasteiger partial charge on any atom is 0.220 e. The highest BCUT2D eigenvalue weighted by Crippen LogP contribution is 2.40. The molecule has 2 aromatic rings. The number of amides is 1. The van der Waals surface area contributed by atoms with E-state index in [2.05, 4.69) is 20.5 Å². The van der Waals surface area contributed by atoms with Gasteiger partial charge >= 0.3 is 0 Å². The first-order chi connectivity index (χ1) is 10.6. The lowest BCUT2D eigenvalue weighted by Crippen LogP contribution is -2.31. The molecule has 0 saturated heterocycles. The molecule has 1 unspecified atom stereocenters. The van der Waals surface area contributed by atoms with Gasteiger partial charge < -0.3 is 9.88 Å². The van der Waals surface area contributed by atoms with Crippen molar-refractivity contribution in [2.24, 2.45) is 13.0 Å². The Morgan fingerprint density at radius 2 is 2.27 bits per heavy atom. The highest BCUT2D eigenvalue weighted by Gasteiger charge is 2.35. The first-order valence-corrected chi connectivity index (χ1v) is 7.83. The molecule has 1 aliphatic rings. The van der Waals surface area contributed by atoms with Gasteiger partial charge in [-0.2, -0.15) is 5.10 Å². The fraction of sp³-hybridized carbons (Fsp3) is 0.562. The van der Waals surface area contributed by atoms with Gasteiger partial charge in [0.1, 0.15) is 5.82 Å². The monoisotopic (exact) mass is 301 g/mol. The third-order valence-corrected chi connectivity index (χ3v) is 4.49. The Labute approximate surface area is 130 Å². The second kappa shape index (κ2) is 5.94. The molecule has 2 aromatic heterocycles. The Hall–Kier alpha value is -2.11. The van der Waals surface area contributed by atoms with E-state index < -0.39 is 0 Å². The number of aryl methyl sites for hydroxylation is 3. The molecule has 1 saturated carbocycles. The predicted octanol–water partition coefficient (Wildman–Crippen LogP) is 1.96. The van der Waals surface area contributed by atoms with Gasteiger partial charge in [0.2, 0.25) is 5.91 Å². The van der Waals surface area contributed by atoms with E-state index >= 15 is 0 Å². The third kappa shape index (κ3) is 3.05. The van der Waals surface area contributed by atoms with Crippen LogP contribution < -0.4 is 5.32 Å². The van der Waals surface area contributed by atoms with E-state index in [1.54, 1.807) is 6.20 Å². The molecule has 22 heavy (non-hydrogen) atoms. The van der Waals surface area contributed by atoms with E-state index in [-0.39, 0.29) is 11.9 Å². The molecular formula is C16H23N5O. The molecule has 6 heteroatoms. The number of nitrogens with one attached hydrogen (secondary N) is 2. The second-order valence-electron chi connectivity index (χ2n) is 6.20. The zero-order chi connectivity index (χ0) is 15.7. The van der Waals surface area contributed by atoms with E-state index in [1.807, 2.05) is 31.7 Å². The summed E-state index contributed by atoms with van der Waals surface area (Å²) in [6.45, 7) is 4.03. The molecule has 0 radical (unpaired) electrons. The van der Waals surface area contributed by atoms with Crippen molar-refractivity contribution in [1.29, 1.82) is 0 Å². The second-order valence-corrected chi connectivity index (χ2v) is 6.20. The quantitative estimate of drug-likeness (QED) is 0.856. The summed E-state index contributed by atoms with van der Waals surface area (Å²) < 4.78 is 1.99. The van der Waals surface area contributed by atoms with E-state index in [1.165, 1.54) is 0 Å². The molecule has 2 heterocycles. The van der Waals surface area contributed by atoms with Gasteiger partial charge in [0, 0.05) is 38.0 Å². The molecule has 1 atom stereocenters. The fourth-order valence-electron chi connectivity index (χ4n) is 2.76. The molecule has 2 N–H and O–H groups in total. The van der Waals surface area contributed by atoms with Crippen LogP contribution in [-0.2, 0) is 18.3 Å². The number of hydrogen-bond acceptors (Lipinski definition) is 3. The number of imidazole rings is 1. The first-order valence-electron chi connectivity index (χ1n) is 7.83. The van der Waals surface area contributed by atoms with Crippen LogP contribution in [0.25, 0.3) is 0 Å². The van der Waals surface area contributed by atoms with E-state index in [4.69, 9.17) is 0 Å². The Morgan fingerprint density at radius 1 is 1.50 bits per heavy atom. The van der Waals surface area contributed by atoms with Gasteiger partial charge in [0.25, 0.3) is 0 Å². The zero-order valence-electron chi connectivity index (χ0n) is 13.4. The highest BCUT2D eigenvalue weighted by atomic mass is 16.1. The lowest BCUT2D eigenvalue weighted by atomic mass is 10.1. The Kier molecular flexibility index (Phi) is 4.00. The highest BCUT2D eigenvalue weighted by molar-refractivity contribution is 5.76. The summed E-state index contributed by atoms with van der Waals surface area (Å²) >= 11 is 0. The summed E-state index contributed by atoms with van der Waals surface area (Å²) in [4.78, 5) is 16.7. The minimum absolute atomic E-state index is 0.0366. The van der Waals surface area contributed by atoms with Crippen molar-refractivity contribution in [3.63, 3.8) is 0 Å². The van der Waals surface area contributed by atoms with E-state index in [0.717, 1.165) is 35.6 Å². The third-order valence-electron chi connectivity index (χ3n) is 4.49. The maximum absolute atomic E-state index is 12.3. The predicted molar refractivity (Wildman–Crippen MR) is 83.2 cm³/mol. The molecule has 1 aliphatic carbocycles. The number of hydrogen-bond donors (Lipinski definition) is 2. The molecule has 118 valence electrons. The maximum atomic E-state index is 12.3. The Morgan fingerprint density at radius 3 is 2.82 bits per heavy atom. The largest absolute Gasteiger partial charge is 0.346 e. The summed E-state index contributed by atoms with van der Waals surface area (Å²) in [6.07, 6.45) is 7.16. The molecule has 6 nitrogen and oxygen atoms in total. The molecule has 0 aliphatic heterocycles. The summed E-state index contributed by atoms with van der Waals surface area (Å²) in [5.74, 6) is 1.54. The summed E-state index contributed by atoms with van der Waals surface area (Å²) in [5.41, 5.74) is 3.20. The van der Waals surface area contributed by atoms with Crippen LogP contribution in [0.1, 0.15) is 48.1 Å². The van der Waals surface area contributed by atoms with Gasteiger partial charge in [-0.1, -0.05) is 0 Å². The van der Waals surface area contributed by atoms with Crippen molar-refractivity contribution in [2.45, 2.75) is 45.6 Å². The van der Waals surface area contributed by atoms with Crippen LogP contribution >= 0.6 is 0 Å². The molecule has 1 amide bonds. The minimum atomic E-state index is 0.0366. The number of aromatic nitrogens is 4. The van der Waals surface area contributed by atoms with E-state index in [0.29, 0.717) is 18.8 Å². The van der Waals surface area contributed by atoms with Gasteiger partial charge in [0.05, 0.1) is 11.7 Å². The van der Waals surface area contributed by atoms with Crippen LogP contribution in [0, 0.1) is 19.8 Å². The van der Waals surface area contributed by atoms with Crippen LogP contribution in [-0.4, -0.2) is 25.7 Å². The van der Waals surface area contributed by atoms with Gasteiger partial charge in [0.15, 0.2) is 0 Å². The van der Waals surface area contributed by atoms with Crippen LogP contribution in [0.2, 0.25) is 0 Å². The molecule has 3 rings (SSSR count). The topological polar surface area (TPSA) is 75.6 Å². The lowest BCUT2D eigenvalue weighted by Gasteiger charge is -2.18. The van der Waals surface area contributed by atoms with E-state index in [9.17, 15) is 4.79 Å². The molecule has 1 fully saturated rings. The van der Waals surface area contributed by atoms with Crippen molar-refractivity contribution in [1.82, 2.24) is 25.1 Å². The number of carbonyl (C=O) groups is 1. The Balaban J connectivity index is 1.60. The average molecular weight is 301 g/mol. The number of nitrogens with zero attached hydrogens (tertiary/aromatic N) is 3. The number of rotatable bonds is 6. The summed E-state index contributed by atoms with van der Waals surface area (Å²) in [6, 6.07) is 0.0366. The van der Waals surface area contributed by atoms with Gasteiger partial charge in [-0.15, -0.1) is 0 Å². The van der Waals surface area contributed by atoms with Crippen LogP contribution in [0.15, 0.2) is 12.4 Å². The van der Waals surface area contributed by atoms with Crippen LogP contribution in [0.4, 0.5) is 0 Å². The van der Waals surface area contributed by atoms with Crippen molar-refractivity contribution in [3.8, 4) is 0 Å². The van der Waals surface area contributed by atoms with Gasteiger partial charge in [-0.05, 0) is 38.2 Å². The summed E-state index contributed by atoms with van der Waals surface area (Å²) in [5, 5.41) is 10.4. The normalized spacial score (nSPS) is 15.8. The molecule has 0 spiro atoms. The SMILES string of the molecule is Cc1[nH]nc(CCC(=O)NC(c2nccn2C)C2CC2)c1C. The van der Waals surface area contributed by atoms with Gasteiger partial charge in [-0.25, -0.2) is 4.98 Å². The lowest BCUT2D eigenvalue weighted by molar-refractivity contribution is -0.122. The molecule has 0 bridgehead atoms. The number of aromatic amines is 1. The first kappa shape index (κ1) is 14.8.